The number of pyridine rings is 1. The van der Waals surface area contributed by atoms with E-state index in [1.807, 2.05) is 0 Å². The van der Waals surface area contributed by atoms with Crippen molar-refractivity contribution in [3.8, 4) is 0 Å². The Hall–Kier alpha value is -3.77. The molecule has 3 N–H and O–H groups in total. The average Bonchev–Trinajstić information content (AvgIpc) is 2.82. The van der Waals surface area contributed by atoms with Gasteiger partial charge in [-0.2, -0.15) is 4.39 Å². The molecule has 0 aromatic carbocycles. The first-order valence-electron chi connectivity index (χ1n) is 14.3. The van der Waals surface area contributed by atoms with Crippen LogP contribution >= 0.6 is 0 Å². The third kappa shape index (κ3) is 17.1. The highest BCUT2D eigenvalue weighted by atomic mass is 19.1. The van der Waals surface area contributed by atoms with E-state index in [9.17, 15) is 28.4 Å². The number of aromatic nitrogens is 1. The highest BCUT2D eigenvalue weighted by Crippen LogP contribution is 2.15. The van der Waals surface area contributed by atoms with Gasteiger partial charge in [0, 0.05) is 19.2 Å². The molecular formula is C30H47FN4O8. The number of nitrogens with one attached hydrogen (secondary N) is 3. The Morgan fingerprint density at radius 3 is 1.74 bits per heavy atom. The first kappa shape index (κ1) is 37.3. The minimum atomic E-state index is -1.19. The van der Waals surface area contributed by atoms with Gasteiger partial charge >= 0.3 is 23.9 Å². The Morgan fingerprint density at radius 2 is 1.28 bits per heavy atom. The molecule has 1 aromatic heterocycles. The van der Waals surface area contributed by atoms with E-state index in [2.05, 4.69) is 20.9 Å². The number of hydrogen-bond donors (Lipinski definition) is 3. The lowest BCUT2D eigenvalue weighted by Crippen LogP contribution is -2.53. The molecule has 2 unspecified atom stereocenters. The monoisotopic (exact) mass is 610 g/mol. The summed E-state index contributed by atoms with van der Waals surface area (Å²) in [4.78, 5) is 66.7. The Labute approximate surface area is 253 Å². The van der Waals surface area contributed by atoms with Gasteiger partial charge in [0.05, 0.1) is 5.56 Å². The minimum absolute atomic E-state index is 0.0857. The summed E-state index contributed by atoms with van der Waals surface area (Å²) < 4.78 is 29.2. The molecule has 12 nitrogen and oxygen atoms in total. The topological polar surface area (TPSA) is 162 Å². The lowest BCUT2D eigenvalue weighted by atomic mass is 10.1. The maximum atomic E-state index is 13.0. The van der Waals surface area contributed by atoms with Gasteiger partial charge in [-0.15, -0.1) is 0 Å². The van der Waals surface area contributed by atoms with Crippen LogP contribution in [0.4, 0.5) is 9.18 Å². The van der Waals surface area contributed by atoms with Crippen LogP contribution in [0.5, 0.6) is 0 Å². The Balaban J connectivity index is 2.85. The van der Waals surface area contributed by atoms with Crippen LogP contribution in [0.3, 0.4) is 0 Å². The number of carbonyl (C=O) groups excluding carboxylic acids is 5. The molecule has 0 aliphatic heterocycles. The summed E-state index contributed by atoms with van der Waals surface area (Å²) in [5.74, 6) is -3.08. The van der Waals surface area contributed by atoms with Crippen molar-refractivity contribution >= 4 is 29.8 Å². The lowest BCUT2D eigenvalue weighted by molar-refractivity contribution is -0.159. The highest BCUT2D eigenvalue weighted by molar-refractivity contribution is 5.93. The van der Waals surface area contributed by atoms with E-state index >= 15 is 0 Å². The quantitative estimate of drug-likeness (QED) is 0.130. The maximum absolute atomic E-state index is 13.0. The summed E-state index contributed by atoms with van der Waals surface area (Å²) in [7, 11) is 0. The molecule has 0 saturated carbocycles. The van der Waals surface area contributed by atoms with Crippen molar-refractivity contribution in [2.24, 2.45) is 0 Å². The van der Waals surface area contributed by atoms with Crippen molar-refractivity contribution in [1.82, 2.24) is 20.9 Å². The molecule has 13 heteroatoms. The molecule has 242 valence electrons. The number of urea groups is 1. The van der Waals surface area contributed by atoms with Gasteiger partial charge in [0.25, 0.3) is 5.91 Å². The zero-order chi connectivity index (χ0) is 33.0. The summed E-state index contributed by atoms with van der Waals surface area (Å²) in [5, 5.41) is 7.77. The van der Waals surface area contributed by atoms with Gasteiger partial charge in [0.15, 0.2) is 0 Å². The van der Waals surface area contributed by atoms with Gasteiger partial charge in [-0.25, -0.2) is 19.4 Å². The molecule has 2 atom stereocenters. The Bertz CT molecular complexity index is 1110. The largest absolute Gasteiger partial charge is 0.460 e. The Morgan fingerprint density at radius 1 is 0.767 bits per heavy atom. The van der Waals surface area contributed by atoms with Gasteiger partial charge < -0.3 is 30.2 Å². The van der Waals surface area contributed by atoms with Crippen molar-refractivity contribution < 1.29 is 42.6 Å². The van der Waals surface area contributed by atoms with Crippen LogP contribution in [0.2, 0.25) is 0 Å². The zero-order valence-electron chi connectivity index (χ0n) is 26.7. The molecule has 0 radical (unpaired) electrons. The van der Waals surface area contributed by atoms with Crippen molar-refractivity contribution in [3.05, 3.63) is 29.8 Å². The van der Waals surface area contributed by atoms with Crippen LogP contribution < -0.4 is 16.0 Å². The van der Waals surface area contributed by atoms with Gasteiger partial charge in [-0.05, 0) is 100 Å². The third-order valence-corrected chi connectivity index (χ3v) is 5.25. The van der Waals surface area contributed by atoms with Crippen molar-refractivity contribution in [2.45, 2.75) is 123 Å². The highest BCUT2D eigenvalue weighted by Gasteiger charge is 2.31. The number of amides is 3. The van der Waals surface area contributed by atoms with Gasteiger partial charge in [0.1, 0.15) is 28.9 Å². The summed E-state index contributed by atoms with van der Waals surface area (Å²) in [6.45, 7) is 15.5. The molecule has 1 heterocycles. The van der Waals surface area contributed by atoms with Crippen molar-refractivity contribution in [1.29, 1.82) is 0 Å². The smallest absolute Gasteiger partial charge is 0.329 e. The van der Waals surface area contributed by atoms with Crippen molar-refractivity contribution in [3.63, 3.8) is 0 Å². The summed E-state index contributed by atoms with van der Waals surface area (Å²) in [6, 6.07) is -0.685. The predicted octanol–water partition coefficient (Wildman–Crippen LogP) is 3.96. The predicted molar refractivity (Wildman–Crippen MR) is 156 cm³/mol. The minimum Gasteiger partial charge on any atom is -0.460 e. The van der Waals surface area contributed by atoms with Gasteiger partial charge in [0.2, 0.25) is 5.95 Å². The van der Waals surface area contributed by atoms with E-state index in [4.69, 9.17) is 14.2 Å². The van der Waals surface area contributed by atoms with E-state index in [0.717, 1.165) is 12.3 Å². The molecule has 3 amide bonds. The summed E-state index contributed by atoms with van der Waals surface area (Å²) in [6.07, 6.45) is 1.93. The van der Waals surface area contributed by atoms with Gasteiger partial charge in [-0.1, -0.05) is 0 Å². The van der Waals surface area contributed by atoms with Crippen molar-refractivity contribution in [2.75, 3.05) is 6.54 Å². The van der Waals surface area contributed by atoms with Crippen LogP contribution in [0, 0.1) is 5.95 Å². The van der Waals surface area contributed by atoms with E-state index in [1.165, 1.54) is 6.07 Å². The van der Waals surface area contributed by atoms with E-state index < -0.39 is 64.7 Å². The van der Waals surface area contributed by atoms with Crippen LogP contribution in [0.25, 0.3) is 0 Å². The maximum Gasteiger partial charge on any atom is 0.329 e. The van der Waals surface area contributed by atoms with Gasteiger partial charge in [-0.3, -0.25) is 9.59 Å². The molecule has 43 heavy (non-hydrogen) atoms. The molecule has 0 saturated heterocycles. The second kappa shape index (κ2) is 16.2. The molecule has 0 fully saturated rings. The number of unbranched alkanes of at least 4 members (excludes halogenated alkanes) is 1. The first-order chi connectivity index (χ1) is 19.6. The normalized spacial score (nSPS) is 13.3. The SMILES string of the molecule is CC(C)(C)OC(=O)CCC(NC(=O)NC(CCCCNC(=O)c1ccc(F)nc1)C(=O)OC(C)(C)C)C(=O)OC(C)(C)C. The number of hydrogen-bond acceptors (Lipinski definition) is 9. The fourth-order valence-corrected chi connectivity index (χ4v) is 3.54. The molecule has 0 aliphatic carbocycles. The standard InChI is InChI=1S/C30H47FN4O8/c1-28(2,3)41-23(36)16-14-21(26(39)43-30(7,8)9)35-27(40)34-20(25(38)42-29(4,5)6)12-10-11-17-32-24(37)19-13-15-22(31)33-18-19/h13,15,18,20-21H,10-12,14,16-17H2,1-9H3,(H,32,37)(H2,34,35,40). The number of esters is 3. The van der Waals surface area contributed by atoms with Crippen LogP contribution in [-0.4, -0.2) is 70.3 Å². The van der Waals surface area contributed by atoms with E-state index in [-0.39, 0.29) is 31.4 Å². The molecule has 0 spiro atoms. The first-order valence-corrected chi connectivity index (χ1v) is 14.3. The molecule has 1 rings (SSSR count). The van der Waals surface area contributed by atoms with Crippen LogP contribution in [0.15, 0.2) is 18.3 Å². The fourth-order valence-electron chi connectivity index (χ4n) is 3.54. The Kier molecular flexibility index (Phi) is 14.0. The number of halogens is 1. The number of ether oxygens (including phenoxy) is 3. The zero-order valence-corrected chi connectivity index (χ0v) is 26.7. The van der Waals surface area contributed by atoms with E-state index in [1.54, 1.807) is 62.3 Å². The van der Waals surface area contributed by atoms with Crippen LogP contribution in [-0.2, 0) is 28.6 Å². The second-order valence-corrected chi connectivity index (χ2v) is 13.0. The molecular weight excluding hydrogens is 563 g/mol. The summed E-state index contributed by atoms with van der Waals surface area (Å²) in [5.41, 5.74) is -2.18. The number of rotatable bonds is 13. The fraction of sp³-hybridized carbons (Fsp3) is 0.667. The number of carbonyl (C=O) groups is 5. The molecule has 0 bridgehead atoms. The third-order valence-electron chi connectivity index (χ3n) is 5.25. The number of nitrogens with zero attached hydrogens (tertiary/aromatic N) is 1. The second-order valence-electron chi connectivity index (χ2n) is 13.0. The lowest BCUT2D eigenvalue weighted by Gasteiger charge is -2.27. The molecule has 1 aromatic rings. The summed E-state index contributed by atoms with van der Waals surface area (Å²) >= 11 is 0. The van der Waals surface area contributed by atoms with E-state index in [0.29, 0.717) is 12.8 Å². The average molecular weight is 611 g/mol. The molecule has 0 aliphatic rings. The van der Waals surface area contributed by atoms with Crippen LogP contribution in [0.1, 0.15) is 105 Å².